The number of β-amino-alcohol motifs (C(OH)–C–C–N with tert-alkyl or cyclic N) is 1. The van der Waals surface area contributed by atoms with Gasteiger partial charge in [-0.1, -0.05) is 6.42 Å². The van der Waals surface area contributed by atoms with E-state index in [9.17, 15) is 5.11 Å². The fourth-order valence-corrected chi connectivity index (χ4v) is 2.62. The van der Waals surface area contributed by atoms with Gasteiger partial charge in [0, 0.05) is 25.2 Å². The van der Waals surface area contributed by atoms with E-state index < -0.39 is 0 Å². The zero-order chi connectivity index (χ0) is 10.1. The highest BCUT2D eigenvalue weighted by atomic mass is 16.3. The molecule has 1 aliphatic heterocycles. The van der Waals surface area contributed by atoms with Crippen molar-refractivity contribution in [3.8, 4) is 0 Å². The maximum atomic E-state index is 9.78. The van der Waals surface area contributed by atoms with Gasteiger partial charge in [0.1, 0.15) is 0 Å². The van der Waals surface area contributed by atoms with Crippen molar-refractivity contribution < 1.29 is 5.11 Å². The lowest BCUT2D eigenvalue weighted by atomic mass is 9.79. The van der Waals surface area contributed by atoms with Crippen LogP contribution in [0.4, 0.5) is 0 Å². The largest absolute Gasteiger partial charge is 0.390 e. The van der Waals surface area contributed by atoms with Crippen molar-refractivity contribution >= 4 is 0 Å². The highest BCUT2D eigenvalue weighted by Crippen LogP contribution is 2.32. The van der Waals surface area contributed by atoms with E-state index in [-0.39, 0.29) is 6.10 Å². The van der Waals surface area contributed by atoms with E-state index in [1.54, 1.807) is 0 Å². The van der Waals surface area contributed by atoms with Crippen LogP contribution in [0.3, 0.4) is 0 Å². The molecular formula is C11H22N2O. The Hall–Kier alpha value is -0.120. The van der Waals surface area contributed by atoms with Crippen LogP contribution in [0, 0.1) is 5.92 Å². The molecule has 0 spiro atoms. The average Bonchev–Trinajstić information content (AvgIpc) is 2.47. The molecule has 2 rings (SSSR count). The lowest BCUT2D eigenvalue weighted by Crippen LogP contribution is -2.49. The first kappa shape index (κ1) is 10.4. The molecule has 1 unspecified atom stereocenters. The Labute approximate surface area is 86.5 Å². The monoisotopic (exact) mass is 198 g/mol. The van der Waals surface area contributed by atoms with E-state index >= 15 is 0 Å². The number of hydrogen-bond donors (Lipinski definition) is 2. The van der Waals surface area contributed by atoms with E-state index in [0.29, 0.717) is 12.1 Å². The molecule has 3 heteroatoms. The van der Waals surface area contributed by atoms with Crippen molar-refractivity contribution in [3.63, 3.8) is 0 Å². The van der Waals surface area contributed by atoms with Gasteiger partial charge in [-0.2, -0.15) is 0 Å². The molecular weight excluding hydrogens is 176 g/mol. The fraction of sp³-hybridized carbons (Fsp3) is 1.00. The molecule has 14 heavy (non-hydrogen) atoms. The second-order valence-corrected chi connectivity index (χ2v) is 4.89. The standard InChI is InChI=1S/C11H22N2O/c1-8(9-4-3-5-9)13(2)10-6-12-7-11(10)14/h8-12,14H,3-7H2,1-2H3/t8?,10-,11-/m1/s1. The van der Waals surface area contributed by atoms with Gasteiger partial charge in [-0.05, 0) is 32.7 Å². The summed E-state index contributed by atoms with van der Waals surface area (Å²) in [7, 11) is 2.16. The van der Waals surface area contributed by atoms with Gasteiger partial charge >= 0.3 is 0 Å². The van der Waals surface area contributed by atoms with Gasteiger partial charge in [-0.25, -0.2) is 0 Å². The Balaban J connectivity index is 1.89. The Bertz CT molecular complexity index is 194. The molecule has 2 aliphatic rings. The van der Waals surface area contributed by atoms with Crippen LogP contribution in [0.15, 0.2) is 0 Å². The Kier molecular flexibility index (Phi) is 3.10. The van der Waals surface area contributed by atoms with Crippen LogP contribution >= 0.6 is 0 Å². The summed E-state index contributed by atoms with van der Waals surface area (Å²) in [6.45, 7) is 4.00. The molecule has 0 bridgehead atoms. The van der Waals surface area contributed by atoms with E-state index in [2.05, 4.69) is 24.2 Å². The minimum Gasteiger partial charge on any atom is -0.390 e. The SMILES string of the molecule is CC(C1CCC1)N(C)[C@@H]1CNC[C@H]1O. The van der Waals surface area contributed by atoms with Gasteiger partial charge in [-0.3, -0.25) is 4.90 Å². The maximum Gasteiger partial charge on any atom is 0.0831 e. The summed E-state index contributed by atoms with van der Waals surface area (Å²) < 4.78 is 0. The van der Waals surface area contributed by atoms with Crippen LogP contribution < -0.4 is 5.32 Å². The highest BCUT2D eigenvalue weighted by molar-refractivity contribution is 4.91. The van der Waals surface area contributed by atoms with Gasteiger partial charge < -0.3 is 10.4 Å². The number of aliphatic hydroxyl groups excluding tert-OH is 1. The Morgan fingerprint density at radius 3 is 2.50 bits per heavy atom. The van der Waals surface area contributed by atoms with Crippen LogP contribution in [-0.4, -0.2) is 48.3 Å². The predicted molar refractivity (Wildman–Crippen MR) is 57.2 cm³/mol. The number of hydrogen-bond acceptors (Lipinski definition) is 3. The van der Waals surface area contributed by atoms with Crippen molar-refractivity contribution in [2.75, 3.05) is 20.1 Å². The summed E-state index contributed by atoms with van der Waals surface area (Å²) in [5.41, 5.74) is 0. The quantitative estimate of drug-likeness (QED) is 0.691. The van der Waals surface area contributed by atoms with E-state index in [0.717, 1.165) is 19.0 Å². The first-order valence-electron chi connectivity index (χ1n) is 5.81. The van der Waals surface area contributed by atoms with Crippen molar-refractivity contribution in [1.82, 2.24) is 10.2 Å². The number of nitrogens with one attached hydrogen (secondary N) is 1. The summed E-state index contributed by atoms with van der Waals surface area (Å²) in [5, 5.41) is 13.0. The molecule has 0 aromatic heterocycles. The summed E-state index contributed by atoms with van der Waals surface area (Å²) in [6, 6.07) is 0.953. The average molecular weight is 198 g/mol. The molecule has 0 aromatic carbocycles. The van der Waals surface area contributed by atoms with Crippen molar-refractivity contribution in [2.45, 2.75) is 44.4 Å². The Morgan fingerprint density at radius 2 is 2.07 bits per heavy atom. The second-order valence-electron chi connectivity index (χ2n) is 4.89. The normalized spacial score (nSPS) is 36.0. The number of nitrogens with zero attached hydrogens (tertiary/aromatic N) is 1. The molecule has 0 radical (unpaired) electrons. The second kappa shape index (κ2) is 4.17. The van der Waals surface area contributed by atoms with Crippen molar-refractivity contribution in [2.24, 2.45) is 5.92 Å². The zero-order valence-corrected chi connectivity index (χ0v) is 9.24. The first-order valence-corrected chi connectivity index (χ1v) is 5.81. The van der Waals surface area contributed by atoms with Gasteiger partial charge in [-0.15, -0.1) is 0 Å². The van der Waals surface area contributed by atoms with E-state index in [1.165, 1.54) is 19.3 Å². The third kappa shape index (κ3) is 1.81. The number of likely N-dealkylation sites (N-methyl/N-ethyl adjacent to an activating group) is 1. The molecule has 2 N–H and O–H groups in total. The third-order valence-corrected chi connectivity index (χ3v) is 4.15. The third-order valence-electron chi connectivity index (χ3n) is 4.15. The van der Waals surface area contributed by atoms with Gasteiger partial charge in [0.15, 0.2) is 0 Å². The molecule has 82 valence electrons. The minimum absolute atomic E-state index is 0.178. The Morgan fingerprint density at radius 1 is 1.36 bits per heavy atom. The molecule has 1 heterocycles. The molecule has 0 amide bonds. The first-order chi connectivity index (χ1) is 6.70. The topological polar surface area (TPSA) is 35.5 Å². The molecule has 2 fully saturated rings. The van der Waals surface area contributed by atoms with Crippen LogP contribution in [0.5, 0.6) is 0 Å². The summed E-state index contributed by atoms with van der Waals surface area (Å²) >= 11 is 0. The molecule has 0 aromatic rings. The summed E-state index contributed by atoms with van der Waals surface area (Å²) in [5.74, 6) is 0.868. The van der Waals surface area contributed by atoms with Crippen molar-refractivity contribution in [3.05, 3.63) is 0 Å². The van der Waals surface area contributed by atoms with Gasteiger partial charge in [0.2, 0.25) is 0 Å². The predicted octanol–water partition coefficient (Wildman–Crippen LogP) is 0.439. The van der Waals surface area contributed by atoms with Crippen LogP contribution in [0.1, 0.15) is 26.2 Å². The maximum absolute atomic E-state index is 9.78. The lowest BCUT2D eigenvalue weighted by molar-refractivity contribution is 0.0420. The summed E-state index contributed by atoms with van der Waals surface area (Å²) in [6.07, 6.45) is 3.97. The molecule has 3 nitrogen and oxygen atoms in total. The highest BCUT2D eigenvalue weighted by Gasteiger charge is 2.35. The molecule has 1 aliphatic carbocycles. The van der Waals surface area contributed by atoms with E-state index in [1.807, 2.05) is 0 Å². The number of rotatable bonds is 3. The zero-order valence-electron chi connectivity index (χ0n) is 9.24. The molecule has 3 atom stereocenters. The van der Waals surface area contributed by atoms with E-state index in [4.69, 9.17) is 0 Å². The lowest BCUT2D eigenvalue weighted by Gasteiger charge is -2.40. The van der Waals surface area contributed by atoms with Gasteiger partial charge in [0.25, 0.3) is 0 Å². The minimum atomic E-state index is -0.178. The van der Waals surface area contributed by atoms with Crippen LogP contribution in [-0.2, 0) is 0 Å². The summed E-state index contributed by atoms with van der Waals surface area (Å²) in [4.78, 5) is 2.37. The van der Waals surface area contributed by atoms with Crippen LogP contribution in [0.2, 0.25) is 0 Å². The van der Waals surface area contributed by atoms with Crippen LogP contribution in [0.25, 0.3) is 0 Å². The fourth-order valence-electron chi connectivity index (χ4n) is 2.62. The van der Waals surface area contributed by atoms with Gasteiger partial charge in [0.05, 0.1) is 6.10 Å². The smallest absolute Gasteiger partial charge is 0.0831 e. The van der Waals surface area contributed by atoms with Crippen molar-refractivity contribution in [1.29, 1.82) is 0 Å². The molecule has 1 saturated carbocycles. The number of aliphatic hydroxyl groups is 1. The molecule has 1 saturated heterocycles.